The highest BCUT2D eigenvalue weighted by molar-refractivity contribution is 5.80. The van der Waals surface area contributed by atoms with Gasteiger partial charge < -0.3 is 15.2 Å². The lowest BCUT2D eigenvalue weighted by Crippen LogP contribution is -2.44. The van der Waals surface area contributed by atoms with Gasteiger partial charge in [-0.1, -0.05) is 29.5 Å². The average molecular weight is 433 g/mol. The molecule has 1 aromatic heterocycles. The van der Waals surface area contributed by atoms with Crippen molar-refractivity contribution in [2.45, 2.75) is 38.8 Å². The molecule has 0 saturated heterocycles. The van der Waals surface area contributed by atoms with E-state index < -0.39 is 23.7 Å². The molecule has 0 spiro atoms. The third kappa shape index (κ3) is 5.92. The van der Waals surface area contributed by atoms with Crippen LogP contribution in [0.3, 0.4) is 0 Å². The molecule has 2 aromatic carbocycles. The number of hydrogen-bond donors (Lipinski definition) is 2. The number of carboxylic acid groups (broad SMARTS) is 1. The number of ether oxygens (including phenoxy) is 1. The van der Waals surface area contributed by atoms with Crippen LogP contribution in [0.1, 0.15) is 32.0 Å². The number of carboxylic acids is 1. The summed E-state index contributed by atoms with van der Waals surface area (Å²) in [4.78, 5) is 23.5. The normalized spacial score (nSPS) is 11.9. The molecule has 0 aliphatic heterocycles. The van der Waals surface area contributed by atoms with Gasteiger partial charge >= 0.3 is 12.1 Å². The number of alkyl carbamates (subject to hydrolysis) is 1. The van der Waals surface area contributed by atoms with E-state index in [-0.39, 0.29) is 6.42 Å². The number of nitrogens with one attached hydrogen (secondary N) is 1. The van der Waals surface area contributed by atoms with Crippen LogP contribution in [0.2, 0.25) is 0 Å². The predicted octanol–water partition coefficient (Wildman–Crippen LogP) is 3.33. The van der Waals surface area contributed by atoms with Gasteiger partial charge in [-0.2, -0.15) is 5.26 Å². The molecule has 0 aliphatic carbocycles. The van der Waals surface area contributed by atoms with E-state index in [1.54, 1.807) is 39.1 Å². The Kier molecular flexibility index (Phi) is 6.54. The van der Waals surface area contributed by atoms with Crippen molar-refractivity contribution in [3.63, 3.8) is 0 Å². The number of benzene rings is 2. The maximum absolute atomic E-state index is 11.9. The van der Waals surface area contributed by atoms with Gasteiger partial charge in [-0.15, -0.1) is 5.10 Å². The third-order valence-corrected chi connectivity index (χ3v) is 4.42. The molecule has 9 heteroatoms. The van der Waals surface area contributed by atoms with Crippen molar-refractivity contribution in [3.8, 4) is 22.9 Å². The lowest BCUT2D eigenvalue weighted by molar-refractivity contribution is -0.139. The molecule has 0 radical (unpaired) electrons. The average Bonchev–Trinajstić information content (AvgIpc) is 3.20. The Balaban J connectivity index is 1.69. The van der Waals surface area contributed by atoms with Crippen molar-refractivity contribution in [2.75, 3.05) is 0 Å². The number of amides is 1. The number of carbonyl (C=O) groups excluding carboxylic acids is 1. The minimum Gasteiger partial charge on any atom is -0.480 e. The van der Waals surface area contributed by atoms with Crippen LogP contribution in [0, 0.1) is 11.3 Å². The minimum atomic E-state index is -1.20. The molecule has 1 unspecified atom stereocenters. The Hall–Kier alpha value is -4.19. The van der Waals surface area contributed by atoms with Gasteiger partial charge in [-0.25, -0.2) is 14.3 Å². The van der Waals surface area contributed by atoms with E-state index in [0.29, 0.717) is 11.3 Å². The molecule has 0 aliphatic rings. The van der Waals surface area contributed by atoms with Crippen LogP contribution in [0.25, 0.3) is 16.8 Å². The van der Waals surface area contributed by atoms with Crippen molar-refractivity contribution < 1.29 is 19.4 Å². The minimum absolute atomic E-state index is 0.0437. The van der Waals surface area contributed by atoms with Gasteiger partial charge in [-0.3, -0.25) is 0 Å². The SMILES string of the molecule is CC(C)(C)OC(=O)NC(Cc1cn(-c2ccc(-c3ccc(C#N)cc3)cc2)nn1)C(=O)O. The Morgan fingerprint density at radius 2 is 1.72 bits per heavy atom. The Morgan fingerprint density at radius 3 is 2.25 bits per heavy atom. The number of hydrogen-bond acceptors (Lipinski definition) is 6. The zero-order valence-corrected chi connectivity index (χ0v) is 17.9. The molecule has 9 nitrogen and oxygen atoms in total. The zero-order valence-electron chi connectivity index (χ0n) is 17.9. The van der Waals surface area contributed by atoms with E-state index in [0.717, 1.165) is 16.8 Å². The van der Waals surface area contributed by atoms with Gasteiger partial charge in [0.15, 0.2) is 0 Å². The summed E-state index contributed by atoms with van der Waals surface area (Å²) >= 11 is 0. The molecule has 2 N–H and O–H groups in total. The van der Waals surface area contributed by atoms with Gasteiger partial charge in [-0.05, 0) is 56.2 Å². The summed E-state index contributed by atoms with van der Waals surface area (Å²) in [6.45, 7) is 5.09. The molecule has 1 amide bonds. The van der Waals surface area contributed by atoms with Crippen LogP contribution in [0.15, 0.2) is 54.7 Å². The van der Waals surface area contributed by atoms with E-state index in [9.17, 15) is 14.7 Å². The number of nitriles is 1. The highest BCUT2D eigenvalue weighted by Crippen LogP contribution is 2.21. The molecule has 0 bridgehead atoms. The van der Waals surface area contributed by atoms with Crippen molar-refractivity contribution in [1.82, 2.24) is 20.3 Å². The standard InChI is InChI=1S/C23H23N5O4/c1-23(2,3)32-22(31)25-20(21(29)30)12-18-14-28(27-26-18)19-10-8-17(9-11-19)16-6-4-15(13-24)5-7-16/h4-11,14,20H,12H2,1-3H3,(H,25,31)(H,29,30). The monoisotopic (exact) mass is 433 g/mol. The van der Waals surface area contributed by atoms with Gasteiger partial charge in [0.1, 0.15) is 11.6 Å². The number of carbonyl (C=O) groups is 2. The summed E-state index contributed by atoms with van der Waals surface area (Å²) in [6.07, 6.45) is 0.761. The van der Waals surface area contributed by atoms with E-state index >= 15 is 0 Å². The van der Waals surface area contributed by atoms with Crippen LogP contribution in [-0.2, 0) is 16.0 Å². The first kappa shape index (κ1) is 22.5. The van der Waals surface area contributed by atoms with Gasteiger partial charge in [0.25, 0.3) is 0 Å². The second kappa shape index (κ2) is 9.31. The second-order valence-corrected chi connectivity index (χ2v) is 8.13. The zero-order chi connectivity index (χ0) is 23.3. The summed E-state index contributed by atoms with van der Waals surface area (Å²) in [5, 5.41) is 28.8. The largest absolute Gasteiger partial charge is 0.480 e. The molecular formula is C23H23N5O4. The predicted molar refractivity (Wildman–Crippen MR) is 116 cm³/mol. The molecule has 0 saturated carbocycles. The molecule has 3 aromatic rings. The topological polar surface area (TPSA) is 130 Å². The van der Waals surface area contributed by atoms with Crippen molar-refractivity contribution in [2.24, 2.45) is 0 Å². The first-order valence-corrected chi connectivity index (χ1v) is 9.89. The molecule has 3 rings (SSSR count). The highest BCUT2D eigenvalue weighted by atomic mass is 16.6. The van der Waals surface area contributed by atoms with E-state index in [1.807, 2.05) is 36.4 Å². The van der Waals surface area contributed by atoms with E-state index in [4.69, 9.17) is 10.00 Å². The fraction of sp³-hybridized carbons (Fsp3) is 0.261. The van der Waals surface area contributed by atoms with Crippen LogP contribution in [0.4, 0.5) is 4.79 Å². The second-order valence-electron chi connectivity index (χ2n) is 8.13. The van der Waals surface area contributed by atoms with Crippen LogP contribution in [-0.4, -0.2) is 43.8 Å². The van der Waals surface area contributed by atoms with Crippen LogP contribution in [0.5, 0.6) is 0 Å². The van der Waals surface area contributed by atoms with Gasteiger partial charge in [0.05, 0.1) is 29.2 Å². The van der Waals surface area contributed by atoms with E-state index in [1.165, 1.54) is 4.68 Å². The maximum atomic E-state index is 11.9. The highest BCUT2D eigenvalue weighted by Gasteiger charge is 2.25. The summed E-state index contributed by atoms with van der Waals surface area (Å²) in [6, 6.07) is 15.7. The van der Waals surface area contributed by atoms with Crippen LogP contribution >= 0.6 is 0 Å². The molecule has 1 atom stereocenters. The fourth-order valence-electron chi connectivity index (χ4n) is 2.92. The lowest BCUT2D eigenvalue weighted by Gasteiger charge is -2.21. The quantitative estimate of drug-likeness (QED) is 0.610. The summed E-state index contributed by atoms with van der Waals surface area (Å²) in [7, 11) is 0. The number of nitrogens with zero attached hydrogens (tertiary/aromatic N) is 4. The smallest absolute Gasteiger partial charge is 0.408 e. The number of rotatable bonds is 6. The Labute approximate surface area is 185 Å². The first-order valence-electron chi connectivity index (χ1n) is 9.89. The maximum Gasteiger partial charge on any atom is 0.408 e. The summed E-state index contributed by atoms with van der Waals surface area (Å²) in [5.41, 5.74) is 2.97. The Bertz CT molecular complexity index is 1140. The Morgan fingerprint density at radius 1 is 1.12 bits per heavy atom. The van der Waals surface area contributed by atoms with Crippen molar-refractivity contribution in [3.05, 3.63) is 66.0 Å². The third-order valence-electron chi connectivity index (χ3n) is 4.42. The number of aromatic nitrogens is 3. The molecule has 0 fully saturated rings. The van der Waals surface area contributed by atoms with Crippen molar-refractivity contribution in [1.29, 1.82) is 5.26 Å². The summed E-state index contributed by atoms with van der Waals surface area (Å²) in [5.74, 6) is -1.20. The molecular weight excluding hydrogens is 410 g/mol. The first-order chi connectivity index (χ1) is 15.1. The fourth-order valence-corrected chi connectivity index (χ4v) is 2.92. The number of aliphatic carboxylic acids is 1. The van der Waals surface area contributed by atoms with Gasteiger partial charge in [0, 0.05) is 6.42 Å². The molecule has 1 heterocycles. The summed E-state index contributed by atoms with van der Waals surface area (Å²) < 4.78 is 6.65. The van der Waals surface area contributed by atoms with Crippen LogP contribution < -0.4 is 5.32 Å². The molecule has 32 heavy (non-hydrogen) atoms. The van der Waals surface area contributed by atoms with E-state index in [2.05, 4.69) is 21.7 Å². The lowest BCUT2D eigenvalue weighted by atomic mass is 10.0. The van der Waals surface area contributed by atoms with Gasteiger partial charge in [0.2, 0.25) is 0 Å². The van der Waals surface area contributed by atoms with Crippen molar-refractivity contribution >= 4 is 12.1 Å². The molecule has 164 valence electrons.